The van der Waals surface area contributed by atoms with Gasteiger partial charge in [-0.3, -0.25) is 0 Å². The van der Waals surface area contributed by atoms with Crippen molar-refractivity contribution in [2.24, 2.45) is 0 Å². The molecule has 0 saturated carbocycles. The van der Waals surface area contributed by atoms with Crippen LogP contribution in [0.4, 0.5) is 5.69 Å². The van der Waals surface area contributed by atoms with E-state index < -0.39 is 0 Å². The second kappa shape index (κ2) is 4.85. The zero-order valence-electron chi connectivity index (χ0n) is 10.1. The molecule has 0 amide bonds. The molecule has 1 heterocycles. The molecule has 1 fully saturated rings. The molecule has 0 aliphatic carbocycles. The van der Waals surface area contributed by atoms with Crippen molar-refractivity contribution in [3.05, 3.63) is 29.8 Å². The van der Waals surface area contributed by atoms with E-state index in [0.717, 1.165) is 12.1 Å². The van der Waals surface area contributed by atoms with Crippen LogP contribution < -0.4 is 5.32 Å². The van der Waals surface area contributed by atoms with E-state index in [0.29, 0.717) is 0 Å². The van der Waals surface area contributed by atoms with Gasteiger partial charge in [-0.25, -0.2) is 0 Å². The maximum Gasteiger partial charge on any atom is 0.157 e. The number of hydrogen-bond acceptors (Lipinski definition) is 3. The average molecular weight is 221 g/mol. The number of hydrogen-bond donors (Lipinski definition) is 1. The van der Waals surface area contributed by atoms with Crippen LogP contribution in [-0.2, 0) is 9.47 Å². The Balaban J connectivity index is 2.02. The van der Waals surface area contributed by atoms with Crippen molar-refractivity contribution >= 4 is 5.69 Å². The molecule has 0 spiro atoms. The molecule has 88 valence electrons. The molecular formula is C13H19NO2. The van der Waals surface area contributed by atoms with Crippen molar-refractivity contribution in [3.8, 4) is 0 Å². The first-order chi connectivity index (χ1) is 7.65. The van der Waals surface area contributed by atoms with Gasteiger partial charge in [-0.2, -0.15) is 0 Å². The van der Waals surface area contributed by atoms with E-state index in [-0.39, 0.29) is 18.6 Å². The van der Waals surface area contributed by atoms with E-state index in [1.165, 1.54) is 5.56 Å². The van der Waals surface area contributed by atoms with Gasteiger partial charge in [0, 0.05) is 12.1 Å². The van der Waals surface area contributed by atoms with Crippen LogP contribution in [0.5, 0.6) is 0 Å². The van der Waals surface area contributed by atoms with Crippen molar-refractivity contribution in [2.45, 2.75) is 45.8 Å². The zero-order valence-corrected chi connectivity index (χ0v) is 10.1. The monoisotopic (exact) mass is 221 g/mol. The number of para-hydroxylation sites is 1. The van der Waals surface area contributed by atoms with Gasteiger partial charge < -0.3 is 14.8 Å². The van der Waals surface area contributed by atoms with E-state index in [1.807, 2.05) is 19.1 Å². The SMILES string of the molecule is Cc1ccccc1N[C@H]1C[C@@H](C)O[C@@H](C)O1. The van der Waals surface area contributed by atoms with Gasteiger partial charge in [0.1, 0.15) is 6.23 Å². The highest BCUT2D eigenvalue weighted by molar-refractivity contribution is 5.50. The molecule has 1 saturated heterocycles. The molecule has 0 radical (unpaired) electrons. The first-order valence-electron chi connectivity index (χ1n) is 5.78. The minimum absolute atomic E-state index is 0.0415. The van der Waals surface area contributed by atoms with Crippen molar-refractivity contribution in [1.82, 2.24) is 0 Å². The Labute approximate surface area is 96.8 Å². The summed E-state index contributed by atoms with van der Waals surface area (Å²) in [5.74, 6) is 0. The summed E-state index contributed by atoms with van der Waals surface area (Å²) >= 11 is 0. The molecule has 1 aliphatic heterocycles. The molecule has 1 aromatic rings. The molecule has 3 atom stereocenters. The van der Waals surface area contributed by atoms with Crippen LogP contribution in [0.1, 0.15) is 25.8 Å². The van der Waals surface area contributed by atoms with Crippen LogP contribution in [0.15, 0.2) is 24.3 Å². The molecule has 0 bridgehead atoms. The second-order valence-electron chi connectivity index (χ2n) is 4.33. The van der Waals surface area contributed by atoms with Crippen LogP contribution in [-0.4, -0.2) is 18.6 Å². The molecule has 3 heteroatoms. The Kier molecular flexibility index (Phi) is 3.46. The lowest BCUT2D eigenvalue weighted by molar-refractivity contribution is -0.222. The fourth-order valence-electron chi connectivity index (χ4n) is 2.00. The van der Waals surface area contributed by atoms with E-state index in [2.05, 4.69) is 31.3 Å². The summed E-state index contributed by atoms with van der Waals surface area (Å²) in [6.07, 6.45) is 1.02. The lowest BCUT2D eigenvalue weighted by Crippen LogP contribution is -2.39. The molecule has 1 aliphatic rings. The summed E-state index contributed by atoms with van der Waals surface area (Å²) in [5, 5.41) is 3.41. The third-order valence-corrected chi connectivity index (χ3v) is 2.79. The van der Waals surface area contributed by atoms with Gasteiger partial charge in [0.05, 0.1) is 6.10 Å². The Hall–Kier alpha value is -1.06. The number of nitrogens with one attached hydrogen (secondary N) is 1. The van der Waals surface area contributed by atoms with Gasteiger partial charge >= 0.3 is 0 Å². The number of anilines is 1. The number of aryl methyl sites for hydroxylation is 1. The topological polar surface area (TPSA) is 30.5 Å². The third kappa shape index (κ3) is 2.74. The van der Waals surface area contributed by atoms with Crippen LogP contribution in [0, 0.1) is 6.92 Å². The van der Waals surface area contributed by atoms with Gasteiger partial charge in [0.15, 0.2) is 6.29 Å². The van der Waals surface area contributed by atoms with Gasteiger partial charge in [-0.1, -0.05) is 18.2 Å². The van der Waals surface area contributed by atoms with Gasteiger partial charge in [-0.15, -0.1) is 0 Å². The van der Waals surface area contributed by atoms with Crippen LogP contribution in [0.3, 0.4) is 0 Å². The Bertz CT molecular complexity index is 344. The lowest BCUT2D eigenvalue weighted by atomic mass is 10.1. The molecule has 3 nitrogen and oxygen atoms in total. The van der Waals surface area contributed by atoms with E-state index in [9.17, 15) is 0 Å². The minimum Gasteiger partial charge on any atom is -0.360 e. The lowest BCUT2D eigenvalue weighted by Gasteiger charge is -2.33. The summed E-state index contributed by atoms with van der Waals surface area (Å²) in [6, 6.07) is 8.23. The quantitative estimate of drug-likeness (QED) is 0.833. The number of ether oxygens (including phenoxy) is 2. The van der Waals surface area contributed by atoms with Crippen LogP contribution in [0.2, 0.25) is 0 Å². The maximum absolute atomic E-state index is 5.68. The van der Waals surface area contributed by atoms with E-state index in [1.54, 1.807) is 0 Å². The Morgan fingerprint density at radius 3 is 2.62 bits per heavy atom. The zero-order chi connectivity index (χ0) is 11.5. The summed E-state index contributed by atoms with van der Waals surface area (Å²) in [4.78, 5) is 0. The third-order valence-electron chi connectivity index (χ3n) is 2.79. The first kappa shape index (κ1) is 11.4. The fourth-order valence-corrected chi connectivity index (χ4v) is 2.00. The van der Waals surface area contributed by atoms with Crippen molar-refractivity contribution < 1.29 is 9.47 Å². The first-order valence-corrected chi connectivity index (χ1v) is 5.78. The van der Waals surface area contributed by atoms with Crippen LogP contribution >= 0.6 is 0 Å². The molecule has 1 N–H and O–H groups in total. The normalized spacial score (nSPS) is 30.1. The summed E-state index contributed by atoms with van der Waals surface area (Å²) in [5.41, 5.74) is 2.37. The summed E-state index contributed by atoms with van der Waals surface area (Å²) in [7, 11) is 0. The molecular weight excluding hydrogens is 202 g/mol. The second-order valence-corrected chi connectivity index (χ2v) is 4.33. The molecule has 16 heavy (non-hydrogen) atoms. The van der Waals surface area contributed by atoms with Crippen molar-refractivity contribution in [1.29, 1.82) is 0 Å². The number of rotatable bonds is 2. The smallest absolute Gasteiger partial charge is 0.157 e. The van der Waals surface area contributed by atoms with Gasteiger partial charge in [0.25, 0.3) is 0 Å². The van der Waals surface area contributed by atoms with Crippen LogP contribution in [0.25, 0.3) is 0 Å². The van der Waals surface area contributed by atoms with Gasteiger partial charge in [0.2, 0.25) is 0 Å². The standard InChI is InChI=1S/C13H19NO2/c1-9-6-4-5-7-12(9)14-13-8-10(2)15-11(3)16-13/h4-7,10-11,13-14H,8H2,1-3H3/t10-,11-,13-/m1/s1. The Morgan fingerprint density at radius 2 is 1.94 bits per heavy atom. The van der Waals surface area contributed by atoms with E-state index >= 15 is 0 Å². The molecule has 0 unspecified atom stereocenters. The van der Waals surface area contributed by atoms with E-state index in [4.69, 9.17) is 9.47 Å². The predicted molar refractivity (Wildman–Crippen MR) is 64.3 cm³/mol. The largest absolute Gasteiger partial charge is 0.360 e. The maximum atomic E-state index is 5.68. The molecule has 0 aromatic heterocycles. The highest BCUT2D eigenvalue weighted by Crippen LogP contribution is 2.22. The molecule has 1 aromatic carbocycles. The minimum atomic E-state index is -0.134. The summed E-state index contributed by atoms with van der Waals surface area (Å²) in [6.45, 7) is 6.10. The van der Waals surface area contributed by atoms with Crippen molar-refractivity contribution in [3.63, 3.8) is 0 Å². The number of benzene rings is 1. The average Bonchev–Trinajstić information content (AvgIpc) is 2.20. The highest BCUT2D eigenvalue weighted by atomic mass is 16.7. The van der Waals surface area contributed by atoms with Gasteiger partial charge in [-0.05, 0) is 32.4 Å². The highest BCUT2D eigenvalue weighted by Gasteiger charge is 2.24. The Morgan fingerprint density at radius 1 is 1.19 bits per heavy atom. The summed E-state index contributed by atoms with van der Waals surface area (Å²) < 4.78 is 11.2. The van der Waals surface area contributed by atoms with Crippen molar-refractivity contribution in [2.75, 3.05) is 5.32 Å². The fraction of sp³-hybridized carbons (Fsp3) is 0.538. The predicted octanol–water partition coefficient (Wildman–Crippen LogP) is 2.90. The molecule has 2 rings (SSSR count).